The summed E-state index contributed by atoms with van der Waals surface area (Å²) in [4.78, 5) is 3.90. The lowest BCUT2D eigenvalue weighted by molar-refractivity contribution is 0.242. The van der Waals surface area contributed by atoms with Crippen molar-refractivity contribution in [3.63, 3.8) is 0 Å². The van der Waals surface area contributed by atoms with Gasteiger partial charge in [0, 0.05) is 6.20 Å². The molecular weight excluding hydrogens is 255 g/mol. The van der Waals surface area contributed by atoms with Crippen molar-refractivity contribution >= 4 is 0 Å². The topological polar surface area (TPSA) is 34.1 Å². The molecule has 0 aliphatic rings. The Morgan fingerprint density at radius 3 is 2.35 bits per heavy atom. The minimum Gasteiger partial charge on any atom is -0.491 e. The number of ether oxygens (including phenoxy) is 1. The summed E-state index contributed by atoms with van der Waals surface area (Å²) < 4.78 is 18.9. The first-order valence-corrected chi connectivity index (χ1v) is 6.64. The predicted molar refractivity (Wildman–Crippen MR) is 77.3 cm³/mol. The fourth-order valence-corrected chi connectivity index (χ4v) is 2.12. The number of aromatic nitrogens is 1. The van der Waals surface area contributed by atoms with Gasteiger partial charge in [-0.15, -0.1) is 0 Å². The number of benzene rings is 1. The summed E-state index contributed by atoms with van der Waals surface area (Å²) in [6.07, 6.45) is 3.02. The second kappa shape index (κ2) is 6.48. The van der Waals surface area contributed by atoms with Crippen molar-refractivity contribution in [3.8, 4) is 5.75 Å². The van der Waals surface area contributed by atoms with E-state index in [9.17, 15) is 4.39 Å². The molecule has 20 heavy (non-hydrogen) atoms. The van der Waals surface area contributed by atoms with Gasteiger partial charge in [0.15, 0.2) is 0 Å². The SMILES string of the molecule is CNC(c1ccc(OC(C)C)cc1)c1cncc(F)c1. The van der Waals surface area contributed by atoms with Crippen LogP contribution in [-0.4, -0.2) is 18.1 Å². The Labute approximate surface area is 118 Å². The van der Waals surface area contributed by atoms with E-state index in [1.165, 1.54) is 12.3 Å². The van der Waals surface area contributed by atoms with Gasteiger partial charge in [-0.2, -0.15) is 0 Å². The number of hydrogen-bond donors (Lipinski definition) is 1. The lowest BCUT2D eigenvalue weighted by atomic mass is 10.0. The van der Waals surface area contributed by atoms with Crippen molar-refractivity contribution in [2.45, 2.75) is 26.0 Å². The highest BCUT2D eigenvalue weighted by Gasteiger charge is 2.13. The highest BCUT2D eigenvalue weighted by atomic mass is 19.1. The van der Waals surface area contributed by atoms with Crippen LogP contribution in [0.5, 0.6) is 5.75 Å². The Hall–Kier alpha value is -1.94. The molecule has 2 rings (SSSR count). The monoisotopic (exact) mass is 274 g/mol. The van der Waals surface area contributed by atoms with Crippen LogP contribution in [0.25, 0.3) is 0 Å². The van der Waals surface area contributed by atoms with Crippen LogP contribution in [0, 0.1) is 5.82 Å². The second-order valence-electron chi connectivity index (χ2n) is 4.89. The van der Waals surface area contributed by atoms with Crippen LogP contribution in [-0.2, 0) is 0 Å². The van der Waals surface area contributed by atoms with Crippen LogP contribution in [0.15, 0.2) is 42.7 Å². The summed E-state index contributed by atoms with van der Waals surface area (Å²) in [6, 6.07) is 9.20. The molecule has 0 amide bonds. The molecule has 0 saturated heterocycles. The Kier molecular flexibility index (Phi) is 4.69. The molecule has 0 aliphatic heterocycles. The third-order valence-electron chi connectivity index (χ3n) is 2.93. The van der Waals surface area contributed by atoms with Crippen LogP contribution >= 0.6 is 0 Å². The van der Waals surface area contributed by atoms with Crippen LogP contribution in [0.2, 0.25) is 0 Å². The first-order valence-electron chi connectivity index (χ1n) is 6.64. The molecule has 0 bridgehead atoms. The van der Waals surface area contributed by atoms with E-state index in [0.29, 0.717) is 0 Å². The van der Waals surface area contributed by atoms with Gasteiger partial charge in [0.05, 0.1) is 18.3 Å². The lowest BCUT2D eigenvalue weighted by Crippen LogP contribution is -2.18. The largest absolute Gasteiger partial charge is 0.491 e. The summed E-state index contributed by atoms with van der Waals surface area (Å²) >= 11 is 0. The van der Waals surface area contributed by atoms with Gasteiger partial charge in [-0.05, 0) is 50.2 Å². The van der Waals surface area contributed by atoms with Gasteiger partial charge in [0.25, 0.3) is 0 Å². The van der Waals surface area contributed by atoms with Gasteiger partial charge in [-0.1, -0.05) is 12.1 Å². The van der Waals surface area contributed by atoms with Gasteiger partial charge in [-0.25, -0.2) is 4.39 Å². The Bertz CT molecular complexity index is 555. The lowest BCUT2D eigenvalue weighted by Gasteiger charge is -2.18. The minimum atomic E-state index is -0.331. The maximum atomic E-state index is 13.3. The first-order chi connectivity index (χ1) is 9.60. The van der Waals surface area contributed by atoms with Gasteiger partial charge in [0.2, 0.25) is 0 Å². The molecule has 1 aromatic heterocycles. The van der Waals surface area contributed by atoms with E-state index < -0.39 is 0 Å². The maximum Gasteiger partial charge on any atom is 0.141 e. The smallest absolute Gasteiger partial charge is 0.141 e. The molecule has 1 aromatic carbocycles. The van der Waals surface area contributed by atoms with Gasteiger partial charge >= 0.3 is 0 Å². The Morgan fingerprint density at radius 2 is 1.80 bits per heavy atom. The molecule has 0 radical (unpaired) electrons. The second-order valence-corrected chi connectivity index (χ2v) is 4.89. The van der Waals surface area contributed by atoms with E-state index in [-0.39, 0.29) is 18.0 Å². The van der Waals surface area contributed by atoms with Crippen molar-refractivity contribution in [2.75, 3.05) is 7.05 Å². The molecule has 0 spiro atoms. The van der Waals surface area contributed by atoms with Gasteiger partial charge < -0.3 is 10.1 Å². The highest BCUT2D eigenvalue weighted by molar-refractivity contribution is 5.34. The first kappa shape index (κ1) is 14.5. The summed E-state index contributed by atoms with van der Waals surface area (Å²) in [5.74, 6) is 0.499. The summed E-state index contributed by atoms with van der Waals surface area (Å²) in [5, 5.41) is 3.17. The van der Waals surface area contributed by atoms with Crippen molar-refractivity contribution in [1.29, 1.82) is 0 Å². The van der Waals surface area contributed by atoms with Crippen molar-refractivity contribution in [2.24, 2.45) is 0 Å². The van der Waals surface area contributed by atoms with Crippen LogP contribution in [0.1, 0.15) is 31.0 Å². The van der Waals surface area contributed by atoms with Gasteiger partial charge in [-0.3, -0.25) is 4.98 Å². The minimum absolute atomic E-state index is 0.0914. The average Bonchev–Trinajstić information content (AvgIpc) is 2.41. The number of rotatable bonds is 5. The van der Waals surface area contributed by atoms with Crippen molar-refractivity contribution < 1.29 is 9.13 Å². The number of nitrogens with one attached hydrogen (secondary N) is 1. The van der Waals surface area contributed by atoms with E-state index in [4.69, 9.17) is 4.74 Å². The number of pyridine rings is 1. The quantitative estimate of drug-likeness (QED) is 0.908. The van der Waals surface area contributed by atoms with E-state index in [2.05, 4.69) is 10.3 Å². The van der Waals surface area contributed by atoms with E-state index in [1.54, 1.807) is 6.20 Å². The maximum absolute atomic E-state index is 13.3. The molecule has 3 nitrogen and oxygen atoms in total. The summed E-state index contributed by atoms with van der Waals surface area (Å²) in [7, 11) is 1.84. The number of nitrogens with zero attached hydrogens (tertiary/aromatic N) is 1. The van der Waals surface area contributed by atoms with E-state index in [1.807, 2.05) is 45.2 Å². The molecule has 1 N–H and O–H groups in total. The molecule has 4 heteroatoms. The van der Waals surface area contributed by atoms with E-state index in [0.717, 1.165) is 16.9 Å². The zero-order valence-corrected chi connectivity index (χ0v) is 11.9. The fraction of sp³-hybridized carbons (Fsp3) is 0.312. The zero-order chi connectivity index (χ0) is 14.5. The van der Waals surface area contributed by atoms with Crippen LogP contribution in [0.3, 0.4) is 0 Å². The Balaban J connectivity index is 2.23. The zero-order valence-electron chi connectivity index (χ0n) is 11.9. The molecule has 1 atom stereocenters. The Morgan fingerprint density at radius 1 is 1.10 bits per heavy atom. The highest BCUT2D eigenvalue weighted by Crippen LogP contribution is 2.24. The molecule has 2 aromatic rings. The van der Waals surface area contributed by atoms with Crippen molar-refractivity contribution in [1.82, 2.24) is 10.3 Å². The van der Waals surface area contributed by atoms with Crippen LogP contribution < -0.4 is 10.1 Å². The predicted octanol–water partition coefficient (Wildman–Crippen LogP) is 3.32. The molecule has 1 unspecified atom stereocenters. The molecular formula is C16H19FN2O. The molecule has 0 saturated carbocycles. The third-order valence-corrected chi connectivity index (χ3v) is 2.93. The van der Waals surface area contributed by atoms with Crippen LogP contribution in [0.4, 0.5) is 4.39 Å². The van der Waals surface area contributed by atoms with Gasteiger partial charge in [0.1, 0.15) is 11.6 Å². The van der Waals surface area contributed by atoms with Crippen molar-refractivity contribution in [3.05, 3.63) is 59.7 Å². The molecule has 0 fully saturated rings. The summed E-state index contributed by atoms with van der Waals surface area (Å²) in [6.45, 7) is 3.98. The molecule has 1 heterocycles. The molecule has 106 valence electrons. The van der Waals surface area contributed by atoms with E-state index >= 15 is 0 Å². The standard InChI is InChI=1S/C16H19FN2O/c1-11(2)20-15-6-4-12(5-7-15)16(18-3)13-8-14(17)10-19-9-13/h4-11,16,18H,1-3H3. The molecule has 0 aliphatic carbocycles. The number of halogens is 1. The average molecular weight is 274 g/mol. The fourth-order valence-electron chi connectivity index (χ4n) is 2.12. The number of hydrogen-bond acceptors (Lipinski definition) is 3. The summed E-state index contributed by atoms with van der Waals surface area (Å²) in [5.41, 5.74) is 1.83. The third kappa shape index (κ3) is 3.54. The normalized spacial score (nSPS) is 12.4.